The predicted octanol–water partition coefficient (Wildman–Crippen LogP) is 7.83. The van der Waals surface area contributed by atoms with Crippen LogP contribution in [-0.2, 0) is 9.47 Å². The first-order chi connectivity index (χ1) is 19.7. The van der Waals surface area contributed by atoms with Crippen molar-refractivity contribution in [3.63, 3.8) is 0 Å². The van der Waals surface area contributed by atoms with Crippen LogP contribution in [0, 0.1) is 11.7 Å². The van der Waals surface area contributed by atoms with Crippen molar-refractivity contribution < 1.29 is 28.0 Å². The van der Waals surface area contributed by atoms with Crippen LogP contribution in [0.2, 0.25) is 10.0 Å². The molecule has 3 heterocycles. The van der Waals surface area contributed by atoms with Crippen LogP contribution < -0.4 is 4.90 Å². The molecule has 0 N–H and O–H groups in total. The number of esters is 2. The first-order valence-corrected chi connectivity index (χ1v) is 14.9. The Morgan fingerprint density at radius 1 is 1.05 bits per heavy atom. The summed E-state index contributed by atoms with van der Waals surface area (Å²) in [5, 5.41) is 4.94. The molecule has 3 aromatic rings. The van der Waals surface area contributed by atoms with E-state index >= 15 is 4.39 Å². The summed E-state index contributed by atoms with van der Waals surface area (Å²) >= 11 is 12.9. The quantitative estimate of drug-likeness (QED) is 0.243. The molecule has 3 aliphatic rings. The lowest BCUT2D eigenvalue weighted by molar-refractivity contribution is 0.0201. The van der Waals surface area contributed by atoms with Gasteiger partial charge < -0.3 is 18.9 Å². The van der Waals surface area contributed by atoms with Crippen LogP contribution in [0.4, 0.5) is 10.1 Å². The number of rotatable bonds is 8. The smallest absolute Gasteiger partial charge is 0.344 e. The van der Waals surface area contributed by atoms with Gasteiger partial charge in [0, 0.05) is 36.4 Å². The van der Waals surface area contributed by atoms with Crippen molar-refractivity contribution in [1.29, 1.82) is 0 Å². The lowest BCUT2D eigenvalue weighted by atomic mass is 9.98. The molecule has 10 heteroatoms. The Balaban J connectivity index is 1.19. The summed E-state index contributed by atoms with van der Waals surface area (Å²) in [5.41, 5.74) is 1.66. The zero-order valence-corrected chi connectivity index (χ0v) is 24.4. The summed E-state index contributed by atoms with van der Waals surface area (Å²) in [5.74, 6) is -0.681. The van der Waals surface area contributed by atoms with Crippen molar-refractivity contribution in [3.8, 4) is 11.3 Å². The average molecular weight is 602 g/mol. The molecule has 1 saturated carbocycles. The summed E-state index contributed by atoms with van der Waals surface area (Å²) < 4.78 is 32.3. The number of hydrogen-bond acceptors (Lipinski definition) is 7. The van der Waals surface area contributed by atoms with Gasteiger partial charge in [-0.15, -0.1) is 0 Å². The number of aromatic nitrogens is 1. The van der Waals surface area contributed by atoms with E-state index in [9.17, 15) is 9.59 Å². The van der Waals surface area contributed by atoms with E-state index in [-0.39, 0.29) is 47.8 Å². The number of hydrogen-bond donors (Lipinski definition) is 0. The van der Waals surface area contributed by atoms with Crippen molar-refractivity contribution in [2.75, 3.05) is 11.5 Å². The van der Waals surface area contributed by atoms with E-state index in [0.29, 0.717) is 45.6 Å². The van der Waals surface area contributed by atoms with E-state index in [1.165, 1.54) is 6.07 Å². The molecular formula is C31H31Cl2FN2O5. The van der Waals surface area contributed by atoms with E-state index < -0.39 is 17.8 Å². The van der Waals surface area contributed by atoms with Crippen molar-refractivity contribution in [3.05, 3.63) is 69.1 Å². The molecule has 3 atom stereocenters. The predicted molar refractivity (Wildman–Crippen MR) is 153 cm³/mol. The highest BCUT2D eigenvalue weighted by Gasteiger charge is 2.44. The standard InChI is InChI=1S/C31H31Cl2FN2O5/c1-16(2)15-39-30(37)18-8-11-25(24(34)12-18)36-19-9-10-20(36)14-21(13-19)40-31(38)27-28(35-41-29(27)17-6-7-17)26-22(32)4-3-5-23(26)33/h3-5,8,11-12,16-17,19-21H,6-7,9-10,13-15H2,1-2H3/t19-,20+,21+. The zero-order chi connectivity index (χ0) is 28.8. The Kier molecular flexibility index (Phi) is 7.72. The fourth-order valence-corrected chi connectivity index (χ4v) is 6.59. The van der Waals surface area contributed by atoms with Crippen LogP contribution in [-0.4, -0.2) is 41.9 Å². The first kappa shape index (κ1) is 28.0. The van der Waals surface area contributed by atoms with E-state index in [4.69, 9.17) is 37.2 Å². The van der Waals surface area contributed by atoms with Gasteiger partial charge in [0.1, 0.15) is 23.2 Å². The largest absolute Gasteiger partial charge is 0.462 e. The van der Waals surface area contributed by atoms with Crippen LogP contribution in [0.1, 0.15) is 84.8 Å². The van der Waals surface area contributed by atoms with E-state index in [0.717, 1.165) is 25.7 Å². The van der Waals surface area contributed by atoms with Gasteiger partial charge in [0.15, 0.2) is 5.76 Å². The third-order valence-electron chi connectivity index (χ3n) is 8.04. The number of carbonyl (C=O) groups excluding carboxylic acids is 2. The number of halogens is 3. The number of nitrogens with zero attached hydrogens (tertiary/aromatic N) is 2. The van der Waals surface area contributed by atoms with Gasteiger partial charge in [0.25, 0.3) is 0 Å². The Hall–Kier alpha value is -3.10. The number of ether oxygens (including phenoxy) is 2. The lowest BCUT2D eigenvalue weighted by Gasteiger charge is -2.40. The molecular weight excluding hydrogens is 570 g/mol. The van der Waals surface area contributed by atoms with Crippen LogP contribution in [0.5, 0.6) is 0 Å². The van der Waals surface area contributed by atoms with Gasteiger partial charge in [-0.25, -0.2) is 14.0 Å². The van der Waals surface area contributed by atoms with Crippen LogP contribution in [0.15, 0.2) is 40.9 Å². The highest BCUT2D eigenvalue weighted by Crippen LogP contribution is 2.47. The lowest BCUT2D eigenvalue weighted by Crippen LogP contribution is -2.46. The van der Waals surface area contributed by atoms with Gasteiger partial charge in [0.2, 0.25) is 0 Å². The van der Waals surface area contributed by atoms with Crippen LogP contribution in [0.25, 0.3) is 11.3 Å². The van der Waals surface area contributed by atoms with E-state index in [1.807, 2.05) is 13.8 Å². The Bertz CT molecular complexity index is 1450. The van der Waals surface area contributed by atoms with Gasteiger partial charge in [-0.2, -0.15) is 0 Å². The number of fused-ring (bicyclic) bond motifs is 2. The number of piperidine rings is 1. The maximum Gasteiger partial charge on any atom is 0.344 e. The minimum Gasteiger partial charge on any atom is -0.462 e. The second-order valence-corrected chi connectivity index (χ2v) is 12.4. The van der Waals surface area contributed by atoms with Gasteiger partial charge >= 0.3 is 11.9 Å². The van der Waals surface area contributed by atoms with Crippen molar-refractivity contribution in [2.45, 2.75) is 76.5 Å². The normalized spacial score (nSPS) is 21.8. The summed E-state index contributed by atoms with van der Waals surface area (Å²) in [7, 11) is 0. The van der Waals surface area contributed by atoms with Crippen molar-refractivity contribution >= 4 is 40.8 Å². The Morgan fingerprint density at radius 2 is 1.73 bits per heavy atom. The van der Waals surface area contributed by atoms with Crippen molar-refractivity contribution in [2.24, 2.45) is 5.92 Å². The molecule has 0 radical (unpaired) electrons. The van der Waals surface area contributed by atoms with Gasteiger partial charge in [-0.3, -0.25) is 0 Å². The molecule has 2 saturated heterocycles. The molecule has 2 bridgehead atoms. The van der Waals surface area contributed by atoms with Crippen LogP contribution in [0.3, 0.4) is 0 Å². The average Bonchev–Trinajstić information content (AvgIpc) is 3.63. The molecule has 41 heavy (non-hydrogen) atoms. The fourth-order valence-electron chi connectivity index (χ4n) is 6.01. The van der Waals surface area contributed by atoms with Crippen LogP contribution >= 0.6 is 23.2 Å². The molecule has 216 valence electrons. The third-order valence-corrected chi connectivity index (χ3v) is 8.67. The first-order valence-electron chi connectivity index (χ1n) is 14.1. The molecule has 0 spiro atoms. The number of benzene rings is 2. The van der Waals surface area contributed by atoms with Gasteiger partial charge in [-0.05, 0) is 61.9 Å². The van der Waals surface area contributed by atoms with Crippen molar-refractivity contribution in [1.82, 2.24) is 5.16 Å². The second kappa shape index (κ2) is 11.3. The maximum absolute atomic E-state index is 15.3. The summed E-state index contributed by atoms with van der Waals surface area (Å²) in [6, 6.07) is 9.62. The van der Waals surface area contributed by atoms with Gasteiger partial charge in [0.05, 0.1) is 27.9 Å². The minimum absolute atomic E-state index is 0.00246. The molecule has 0 unspecified atom stereocenters. The van der Waals surface area contributed by atoms with Gasteiger partial charge in [-0.1, -0.05) is 48.3 Å². The summed E-state index contributed by atoms with van der Waals surface area (Å²) in [6.45, 7) is 4.17. The molecule has 2 aromatic carbocycles. The molecule has 1 aromatic heterocycles. The Labute approximate surface area is 247 Å². The molecule has 0 amide bonds. The molecule has 1 aliphatic carbocycles. The maximum atomic E-state index is 15.3. The molecule has 2 aliphatic heterocycles. The third kappa shape index (κ3) is 5.56. The highest BCUT2D eigenvalue weighted by molar-refractivity contribution is 6.39. The topological polar surface area (TPSA) is 81.9 Å². The highest BCUT2D eigenvalue weighted by atomic mass is 35.5. The summed E-state index contributed by atoms with van der Waals surface area (Å²) in [6.07, 6.45) is 4.31. The monoisotopic (exact) mass is 600 g/mol. The number of carbonyl (C=O) groups is 2. The van der Waals surface area contributed by atoms with E-state index in [2.05, 4.69) is 10.1 Å². The minimum atomic E-state index is -0.533. The molecule has 6 rings (SSSR count). The summed E-state index contributed by atoms with van der Waals surface area (Å²) in [4.78, 5) is 28.0. The second-order valence-electron chi connectivity index (χ2n) is 11.6. The van der Waals surface area contributed by atoms with E-state index in [1.54, 1.807) is 30.3 Å². The SMILES string of the molecule is CC(C)COC(=O)c1ccc(N2[C@@H]3CC[C@H]2C[C@@H](OC(=O)c2c(-c4c(Cl)cccc4Cl)noc2C2CC2)C3)c(F)c1. The Morgan fingerprint density at radius 3 is 2.34 bits per heavy atom. The molecule has 3 fully saturated rings. The fraction of sp³-hybridized carbons (Fsp3) is 0.452. The number of anilines is 1. The molecule has 7 nitrogen and oxygen atoms in total. The zero-order valence-electron chi connectivity index (χ0n) is 22.9.